The monoisotopic (exact) mass is 208 g/mol. The number of carboxylic acid groups (broad SMARTS) is 1. The molecule has 4 nitrogen and oxygen atoms in total. The van der Waals surface area contributed by atoms with Gasteiger partial charge in [0.25, 0.3) is 0 Å². The number of hydrogen-bond acceptors (Lipinski definition) is 5. The maximum Gasteiger partial charge on any atom is 0.162 e. The Labute approximate surface area is 83.8 Å². The van der Waals surface area contributed by atoms with Crippen molar-refractivity contribution >= 4 is 17.3 Å². The standard InChI is InChI=1S/C9H7NO3S/c1-5-7(9(11)12)14-8(10-5)6-3-2-4-13-6/h2-4H,1H3,(H,11,12)/p-1. The van der Waals surface area contributed by atoms with E-state index in [4.69, 9.17) is 4.42 Å². The van der Waals surface area contributed by atoms with Gasteiger partial charge in [-0.05, 0) is 19.1 Å². The van der Waals surface area contributed by atoms with E-state index in [-0.39, 0.29) is 4.88 Å². The van der Waals surface area contributed by atoms with Gasteiger partial charge in [-0.25, -0.2) is 4.98 Å². The minimum absolute atomic E-state index is 0.149. The van der Waals surface area contributed by atoms with Crippen LogP contribution in [-0.4, -0.2) is 11.0 Å². The summed E-state index contributed by atoms with van der Waals surface area (Å²) in [7, 11) is 0. The predicted molar refractivity (Wildman–Crippen MR) is 48.9 cm³/mol. The highest BCUT2D eigenvalue weighted by Gasteiger charge is 2.11. The van der Waals surface area contributed by atoms with Gasteiger partial charge in [0.05, 0.1) is 22.8 Å². The Kier molecular flexibility index (Phi) is 2.09. The first-order valence-electron chi connectivity index (χ1n) is 3.91. The minimum atomic E-state index is -1.20. The summed E-state index contributed by atoms with van der Waals surface area (Å²) in [6, 6.07) is 3.46. The zero-order valence-electron chi connectivity index (χ0n) is 7.31. The molecule has 0 atom stereocenters. The Balaban J connectivity index is 2.48. The molecule has 2 heterocycles. The van der Waals surface area contributed by atoms with E-state index in [0.29, 0.717) is 16.5 Å². The Morgan fingerprint density at radius 2 is 2.43 bits per heavy atom. The highest BCUT2D eigenvalue weighted by atomic mass is 32.1. The molecule has 0 fully saturated rings. The first-order chi connectivity index (χ1) is 6.68. The normalized spacial score (nSPS) is 10.4. The SMILES string of the molecule is Cc1nc(-c2ccco2)sc1C(=O)[O-]. The van der Waals surface area contributed by atoms with Crippen LogP contribution in [0.4, 0.5) is 0 Å². The number of aryl methyl sites for hydroxylation is 1. The van der Waals surface area contributed by atoms with E-state index in [0.717, 1.165) is 11.3 Å². The van der Waals surface area contributed by atoms with E-state index in [1.807, 2.05) is 0 Å². The van der Waals surface area contributed by atoms with Crippen molar-refractivity contribution in [3.05, 3.63) is 29.0 Å². The molecule has 0 unspecified atom stereocenters. The number of carbonyl (C=O) groups is 1. The molecule has 5 heteroatoms. The number of nitrogens with zero attached hydrogens (tertiary/aromatic N) is 1. The molecule has 0 saturated heterocycles. The molecule has 2 aromatic rings. The molecule has 0 aliphatic rings. The second-order valence-corrected chi connectivity index (χ2v) is 3.70. The fourth-order valence-corrected chi connectivity index (χ4v) is 1.96. The molecule has 0 bridgehead atoms. The maximum absolute atomic E-state index is 10.6. The van der Waals surface area contributed by atoms with Crippen LogP contribution >= 0.6 is 11.3 Å². The summed E-state index contributed by atoms with van der Waals surface area (Å²) in [5, 5.41) is 11.2. The van der Waals surface area contributed by atoms with Crippen molar-refractivity contribution in [1.82, 2.24) is 4.98 Å². The van der Waals surface area contributed by atoms with E-state index in [2.05, 4.69) is 4.98 Å². The molecular formula is C9H6NO3S-. The molecule has 0 aromatic carbocycles. The van der Waals surface area contributed by atoms with Gasteiger partial charge < -0.3 is 14.3 Å². The number of rotatable bonds is 2. The molecule has 14 heavy (non-hydrogen) atoms. The molecule has 0 spiro atoms. The molecule has 0 amide bonds. The van der Waals surface area contributed by atoms with Gasteiger partial charge in [-0.2, -0.15) is 0 Å². The topological polar surface area (TPSA) is 66.2 Å². The highest BCUT2D eigenvalue weighted by Crippen LogP contribution is 2.27. The van der Waals surface area contributed by atoms with Crippen molar-refractivity contribution in [3.8, 4) is 10.8 Å². The van der Waals surface area contributed by atoms with Crippen molar-refractivity contribution in [2.24, 2.45) is 0 Å². The lowest BCUT2D eigenvalue weighted by Gasteiger charge is -1.95. The maximum atomic E-state index is 10.6. The average molecular weight is 208 g/mol. The van der Waals surface area contributed by atoms with Crippen molar-refractivity contribution in [3.63, 3.8) is 0 Å². The Hall–Kier alpha value is -1.62. The van der Waals surface area contributed by atoms with E-state index >= 15 is 0 Å². The van der Waals surface area contributed by atoms with Gasteiger partial charge in [0.2, 0.25) is 0 Å². The average Bonchev–Trinajstić information content (AvgIpc) is 2.70. The lowest BCUT2D eigenvalue weighted by molar-refractivity contribution is -0.254. The van der Waals surface area contributed by atoms with E-state index in [1.54, 1.807) is 19.1 Å². The largest absolute Gasteiger partial charge is 0.544 e. The number of thiazole rings is 1. The summed E-state index contributed by atoms with van der Waals surface area (Å²) < 4.78 is 5.10. The molecule has 72 valence electrons. The van der Waals surface area contributed by atoms with E-state index in [9.17, 15) is 9.90 Å². The van der Waals surface area contributed by atoms with E-state index in [1.165, 1.54) is 6.26 Å². The van der Waals surface area contributed by atoms with Crippen LogP contribution in [0.1, 0.15) is 15.4 Å². The van der Waals surface area contributed by atoms with Crippen LogP contribution in [0, 0.1) is 6.92 Å². The Morgan fingerprint density at radius 3 is 2.93 bits per heavy atom. The summed E-state index contributed by atoms with van der Waals surface area (Å²) in [6.07, 6.45) is 1.52. The third-order valence-electron chi connectivity index (χ3n) is 1.71. The summed E-state index contributed by atoms with van der Waals surface area (Å²) in [4.78, 5) is 14.9. The summed E-state index contributed by atoms with van der Waals surface area (Å²) in [5.41, 5.74) is 0.460. The van der Waals surface area contributed by atoms with Crippen LogP contribution in [-0.2, 0) is 0 Å². The Bertz CT molecular complexity index is 458. The number of hydrogen-bond donors (Lipinski definition) is 0. The van der Waals surface area contributed by atoms with Crippen LogP contribution < -0.4 is 5.11 Å². The molecule has 0 aliphatic heterocycles. The number of aromatic carboxylic acids is 1. The van der Waals surface area contributed by atoms with Crippen LogP contribution in [0.5, 0.6) is 0 Å². The second kappa shape index (κ2) is 3.26. The smallest absolute Gasteiger partial charge is 0.162 e. The second-order valence-electron chi connectivity index (χ2n) is 2.70. The summed E-state index contributed by atoms with van der Waals surface area (Å²) >= 11 is 1.06. The van der Waals surface area contributed by atoms with Crippen molar-refractivity contribution in [2.75, 3.05) is 0 Å². The molecule has 0 saturated carbocycles. The highest BCUT2D eigenvalue weighted by molar-refractivity contribution is 7.16. The third kappa shape index (κ3) is 1.42. The van der Waals surface area contributed by atoms with Gasteiger partial charge in [-0.15, -0.1) is 11.3 Å². The van der Waals surface area contributed by atoms with E-state index < -0.39 is 5.97 Å². The molecule has 2 rings (SSSR count). The van der Waals surface area contributed by atoms with Gasteiger partial charge >= 0.3 is 0 Å². The van der Waals surface area contributed by atoms with Gasteiger partial charge in [0, 0.05) is 0 Å². The van der Waals surface area contributed by atoms with Crippen LogP contribution in [0.3, 0.4) is 0 Å². The predicted octanol–water partition coefficient (Wildman–Crippen LogP) is 1.08. The Morgan fingerprint density at radius 1 is 1.64 bits per heavy atom. The number of carboxylic acids is 1. The van der Waals surface area contributed by atoms with Crippen LogP contribution in [0.15, 0.2) is 22.8 Å². The van der Waals surface area contributed by atoms with Crippen LogP contribution in [0.25, 0.3) is 10.8 Å². The zero-order chi connectivity index (χ0) is 10.1. The van der Waals surface area contributed by atoms with Gasteiger partial charge in [-0.3, -0.25) is 0 Å². The molecule has 0 aliphatic carbocycles. The lowest BCUT2D eigenvalue weighted by Crippen LogP contribution is -2.21. The van der Waals surface area contributed by atoms with Gasteiger partial charge in [0.15, 0.2) is 10.8 Å². The fraction of sp³-hybridized carbons (Fsp3) is 0.111. The van der Waals surface area contributed by atoms with Crippen LogP contribution in [0.2, 0.25) is 0 Å². The van der Waals surface area contributed by atoms with Crippen molar-refractivity contribution in [2.45, 2.75) is 6.92 Å². The first-order valence-corrected chi connectivity index (χ1v) is 4.73. The quantitative estimate of drug-likeness (QED) is 0.740. The fourth-order valence-electron chi connectivity index (χ4n) is 1.09. The number of carbonyl (C=O) groups excluding carboxylic acids is 1. The van der Waals surface area contributed by atoms with Gasteiger partial charge in [-0.1, -0.05) is 0 Å². The van der Waals surface area contributed by atoms with Crippen molar-refractivity contribution < 1.29 is 14.3 Å². The summed E-state index contributed by atoms with van der Waals surface area (Å²) in [5.74, 6) is -0.622. The van der Waals surface area contributed by atoms with Gasteiger partial charge in [0.1, 0.15) is 0 Å². The molecule has 0 radical (unpaired) electrons. The zero-order valence-corrected chi connectivity index (χ0v) is 8.13. The molecular weight excluding hydrogens is 202 g/mol. The summed E-state index contributed by atoms with van der Waals surface area (Å²) in [6.45, 7) is 1.63. The molecule has 0 N–H and O–H groups in total. The lowest BCUT2D eigenvalue weighted by atomic mass is 10.4. The number of aromatic nitrogens is 1. The number of furan rings is 1. The molecule has 2 aromatic heterocycles. The minimum Gasteiger partial charge on any atom is -0.544 e. The third-order valence-corrected chi connectivity index (χ3v) is 2.87. The first kappa shape index (κ1) is 8.96. The van der Waals surface area contributed by atoms with Crippen molar-refractivity contribution in [1.29, 1.82) is 0 Å².